The van der Waals surface area contributed by atoms with Gasteiger partial charge in [0.25, 0.3) is 5.56 Å². The van der Waals surface area contributed by atoms with Gasteiger partial charge in [-0.2, -0.15) is 0 Å². The maximum Gasteiger partial charge on any atom is 0.308 e. The Morgan fingerprint density at radius 2 is 1.83 bits per heavy atom. The molecule has 5 rings (SSSR count). The Balaban J connectivity index is 1.31. The number of anilines is 1. The normalized spacial score (nSPS) is 12.6. The fraction of sp³-hybridized carbons (Fsp3) is 0.367. The number of nitrogens with zero attached hydrogens (tertiary/aromatic N) is 2. The number of hydrogen-bond donors (Lipinski definition) is 1. The van der Waals surface area contributed by atoms with Gasteiger partial charge in [-0.15, -0.1) is 0 Å². The van der Waals surface area contributed by atoms with Crippen molar-refractivity contribution in [2.24, 2.45) is 5.92 Å². The van der Waals surface area contributed by atoms with E-state index in [1.807, 2.05) is 51.1 Å². The summed E-state index contributed by atoms with van der Waals surface area (Å²) >= 11 is 0. The molecular weight excluding hydrogens is 450 g/mol. The van der Waals surface area contributed by atoms with Gasteiger partial charge >= 0.3 is 5.97 Å². The zero-order valence-corrected chi connectivity index (χ0v) is 21.3. The first-order valence-electron chi connectivity index (χ1n) is 13.0. The molecule has 0 radical (unpaired) electrons. The van der Waals surface area contributed by atoms with Crippen molar-refractivity contribution in [2.45, 2.75) is 52.9 Å². The fourth-order valence-electron chi connectivity index (χ4n) is 4.91. The number of ether oxygens (including phenoxy) is 1. The number of carbonyl (C=O) groups excluding carboxylic acids is 1. The van der Waals surface area contributed by atoms with E-state index in [1.54, 1.807) is 4.40 Å². The van der Waals surface area contributed by atoms with Crippen molar-refractivity contribution >= 4 is 49.9 Å². The number of imidazole rings is 1. The fourth-order valence-corrected chi connectivity index (χ4v) is 4.91. The number of hydrogen-bond acceptors (Lipinski definition) is 5. The van der Waals surface area contributed by atoms with Crippen molar-refractivity contribution in [3.63, 3.8) is 0 Å². The van der Waals surface area contributed by atoms with Crippen LogP contribution in [0.5, 0.6) is 0 Å². The van der Waals surface area contributed by atoms with Crippen LogP contribution in [0.2, 0.25) is 0 Å². The Hall–Kier alpha value is -3.67. The predicted octanol–water partition coefficient (Wildman–Crippen LogP) is 6.46. The smallest absolute Gasteiger partial charge is 0.308 e. The molecule has 2 aromatic heterocycles. The Labute approximate surface area is 210 Å². The zero-order valence-electron chi connectivity index (χ0n) is 21.3. The quantitative estimate of drug-likeness (QED) is 0.182. The topological polar surface area (TPSA) is 72.7 Å². The minimum absolute atomic E-state index is 0.0186. The van der Waals surface area contributed by atoms with E-state index in [2.05, 4.69) is 23.5 Å². The summed E-state index contributed by atoms with van der Waals surface area (Å²) in [6.45, 7) is 7.29. The highest BCUT2D eigenvalue weighted by molar-refractivity contribution is 6.18. The summed E-state index contributed by atoms with van der Waals surface area (Å²) in [6.07, 6.45) is 4.83. The molecule has 0 aliphatic heterocycles. The maximum atomic E-state index is 13.5. The average Bonchev–Trinajstić information content (AvgIpc) is 3.27. The van der Waals surface area contributed by atoms with Gasteiger partial charge in [-0.1, -0.05) is 38.5 Å². The van der Waals surface area contributed by atoms with Gasteiger partial charge in [-0.25, -0.2) is 4.98 Å². The van der Waals surface area contributed by atoms with Crippen LogP contribution in [-0.2, 0) is 9.53 Å². The van der Waals surface area contributed by atoms with Crippen LogP contribution in [0.25, 0.3) is 38.2 Å². The van der Waals surface area contributed by atoms with Gasteiger partial charge in [-0.3, -0.25) is 14.0 Å². The van der Waals surface area contributed by atoms with E-state index in [1.165, 1.54) is 0 Å². The summed E-state index contributed by atoms with van der Waals surface area (Å²) < 4.78 is 7.08. The number of aryl methyl sites for hydroxylation is 1. The third kappa shape index (κ3) is 4.36. The SMILES string of the molecule is CCC(C)C(=O)OCCCCCCNc1ccc2c3c1cccc3c(=O)n1c3ccc(C)cc3nc21. The van der Waals surface area contributed by atoms with Gasteiger partial charge in [0.05, 0.1) is 23.6 Å². The number of nitrogens with one attached hydrogen (secondary N) is 1. The van der Waals surface area contributed by atoms with E-state index in [9.17, 15) is 9.59 Å². The van der Waals surface area contributed by atoms with E-state index in [4.69, 9.17) is 9.72 Å². The summed E-state index contributed by atoms with van der Waals surface area (Å²) in [5, 5.41) is 7.29. The molecule has 0 aliphatic rings. The van der Waals surface area contributed by atoms with Crippen LogP contribution in [0.4, 0.5) is 5.69 Å². The van der Waals surface area contributed by atoms with Gasteiger partial charge in [0.15, 0.2) is 0 Å². The molecule has 186 valence electrons. The van der Waals surface area contributed by atoms with Crippen molar-refractivity contribution in [2.75, 3.05) is 18.5 Å². The third-order valence-electron chi connectivity index (χ3n) is 7.17. The first-order valence-corrected chi connectivity index (χ1v) is 13.0. The lowest BCUT2D eigenvalue weighted by molar-refractivity contribution is -0.148. The number of pyridine rings is 1. The van der Waals surface area contributed by atoms with E-state index >= 15 is 0 Å². The number of fused-ring (bicyclic) bond motifs is 4. The Bertz CT molecular complexity index is 1600. The molecule has 0 saturated carbocycles. The third-order valence-corrected chi connectivity index (χ3v) is 7.17. The number of esters is 1. The number of unbranched alkanes of at least 4 members (excludes halogenated alkanes) is 3. The standard InChI is InChI=1S/C30H33N3O3/c1-4-20(3)30(35)36-17-8-6-5-7-16-31-24-14-13-22-27-21(24)10-9-11-23(27)29(34)33-26-15-12-19(2)18-25(26)32-28(22)33/h9-15,18,20,31H,4-8,16-17H2,1-3H3. The second-order valence-corrected chi connectivity index (χ2v) is 9.77. The molecule has 5 aromatic rings. The second-order valence-electron chi connectivity index (χ2n) is 9.77. The molecule has 6 nitrogen and oxygen atoms in total. The van der Waals surface area contributed by atoms with Gasteiger partial charge in [0.2, 0.25) is 0 Å². The highest BCUT2D eigenvalue weighted by Crippen LogP contribution is 2.34. The van der Waals surface area contributed by atoms with Crippen molar-refractivity contribution in [3.05, 3.63) is 64.4 Å². The molecule has 0 bridgehead atoms. The lowest BCUT2D eigenvalue weighted by Crippen LogP contribution is -2.14. The molecule has 1 atom stereocenters. The number of rotatable bonds is 10. The molecule has 6 heteroatoms. The summed E-state index contributed by atoms with van der Waals surface area (Å²) in [5.41, 5.74) is 4.53. The summed E-state index contributed by atoms with van der Waals surface area (Å²) in [4.78, 5) is 30.1. The Kier molecular flexibility index (Phi) is 6.77. The van der Waals surface area contributed by atoms with Crippen LogP contribution < -0.4 is 10.9 Å². The van der Waals surface area contributed by atoms with Crippen LogP contribution in [0, 0.1) is 12.8 Å². The first kappa shape index (κ1) is 24.0. The van der Waals surface area contributed by atoms with E-state index in [0.29, 0.717) is 17.6 Å². The van der Waals surface area contributed by atoms with E-state index in [0.717, 1.165) is 77.1 Å². The van der Waals surface area contributed by atoms with Crippen LogP contribution >= 0.6 is 0 Å². The molecule has 0 amide bonds. The monoisotopic (exact) mass is 483 g/mol. The van der Waals surface area contributed by atoms with Crippen LogP contribution in [0.15, 0.2) is 53.3 Å². The molecule has 0 aliphatic carbocycles. The molecule has 0 fully saturated rings. The number of aromatic nitrogens is 2. The average molecular weight is 484 g/mol. The highest BCUT2D eigenvalue weighted by atomic mass is 16.5. The minimum Gasteiger partial charge on any atom is -0.465 e. The maximum absolute atomic E-state index is 13.5. The zero-order chi connectivity index (χ0) is 25.2. The second kappa shape index (κ2) is 10.1. The highest BCUT2D eigenvalue weighted by Gasteiger charge is 2.17. The predicted molar refractivity (Wildman–Crippen MR) is 147 cm³/mol. The van der Waals surface area contributed by atoms with Crippen molar-refractivity contribution in [3.8, 4) is 0 Å². The minimum atomic E-state index is -0.0915. The molecule has 0 spiro atoms. The molecule has 1 unspecified atom stereocenters. The van der Waals surface area contributed by atoms with Crippen molar-refractivity contribution in [1.82, 2.24) is 9.38 Å². The van der Waals surface area contributed by atoms with E-state index < -0.39 is 0 Å². The molecule has 3 aromatic carbocycles. The van der Waals surface area contributed by atoms with E-state index in [-0.39, 0.29) is 17.4 Å². The lowest BCUT2D eigenvalue weighted by atomic mass is 10.0. The molecule has 1 N–H and O–H groups in total. The van der Waals surface area contributed by atoms with Gasteiger partial charge < -0.3 is 10.1 Å². The van der Waals surface area contributed by atoms with Gasteiger partial charge in [0.1, 0.15) is 5.65 Å². The lowest BCUT2D eigenvalue weighted by Gasteiger charge is -2.13. The van der Waals surface area contributed by atoms with Gasteiger partial charge in [0, 0.05) is 33.8 Å². The summed E-state index contributed by atoms with van der Waals surface area (Å²) in [7, 11) is 0. The summed E-state index contributed by atoms with van der Waals surface area (Å²) in [6, 6.07) is 16.2. The van der Waals surface area contributed by atoms with Gasteiger partial charge in [-0.05, 0) is 68.5 Å². The van der Waals surface area contributed by atoms with Crippen LogP contribution in [0.1, 0.15) is 51.5 Å². The van der Waals surface area contributed by atoms with Crippen LogP contribution in [-0.4, -0.2) is 28.5 Å². The van der Waals surface area contributed by atoms with Crippen molar-refractivity contribution < 1.29 is 9.53 Å². The molecular formula is C30H33N3O3. The van der Waals surface area contributed by atoms with Crippen LogP contribution in [0.3, 0.4) is 0 Å². The molecule has 2 heterocycles. The largest absolute Gasteiger partial charge is 0.465 e. The summed E-state index contributed by atoms with van der Waals surface area (Å²) in [5.74, 6) is -0.110. The number of carbonyl (C=O) groups is 1. The van der Waals surface area contributed by atoms with Crippen molar-refractivity contribution in [1.29, 1.82) is 0 Å². The molecule has 0 saturated heterocycles. The number of benzene rings is 3. The molecule has 36 heavy (non-hydrogen) atoms. The Morgan fingerprint density at radius 3 is 2.67 bits per heavy atom. The Morgan fingerprint density at radius 1 is 1.03 bits per heavy atom. The first-order chi connectivity index (χ1) is 17.5.